The first-order valence-corrected chi connectivity index (χ1v) is 10.6. The average Bonchev–Trinajstić information content (AvgIpc) is 2.27. The van der Waals surface area contributed by atoms with Crippen LogP contribution in [0.15, 0.2) is 35.2 Å². The first kappa shape index (κ1) is 12.6. The van der Waals surface area contributed by atoms with Gasteiger partial charge in [0.15, 0.2) is 0 Å². The summed E-state index contributed by atoms with van der Waals surface area (Å²) in [6.07, 6.45) is 2.31. The van der Waals surface area contributed by atoms with Crippen LogP contribution in [0.1, 0.15) is 13.8 Å². The quantitative estimate of drug-likeness (QED) is 0.549. The molecular weight excluding hydrogens is 247 g/mol. The molecule has 0 amide bonds. The Hall–Kier alpha value is 0.570. The molecule has 78 valence electrons. The first-order chi connectivity index (χ1) is 6.70. The molecule has 1 aromatic carbocycles. The van der Waals surface area contributed by atoms with E-state index in [2.05, 4.69) is 38.1 Å². The summed E-state index contributed by atoms with van der Waals surface area (Å²) in [6.45, 7) is 4.42. The third-order valence-corrected chi connectivity index (χ3v) is 14.2. The minimum absolute atomic E-state index is 1.13. The van der Waals surface area contributed by atoms with Gasteiger partial charge in [0.05, 0.1) is 0 Å². The molecule has 0 aliphatic rings. The minimum atomic E-state index is -1.13. The summed E-state index contributed by atoms with van der Waals surface area (Å²) in [4.78, 5) is 1.31. The highest BCUT2D eigenvalue weighted by Gasteiger charge is 2.13. The lowest BCUT2D eigenvalue weighted by molar-refractivity contribution is 1.43. The molecule has 0 saturated carbocycles. The van der Waals surface area contributed by atoms with Gasteiger partial charge < -0.3 is 0 Å². The Labute approximate surface area is 99.4 Å². The van der Waals surface area contributed by atoms with Crippen molar-refractivity contribution in [2.24, 2.45) is 0 Å². The molecule has 0 heterocycles. The van der Waals surface area contributed by atoms with Gasteiger partial charge in [0.2, 0.25) is 0 Å². The molecule has 0 unspecified atom stereocenters. The van der Waals surface area contributed by atoms with Crippen LogP contribution >= 0.6 is 26.4 Å². The van der Waals surface area contributed by atoms with E-state index in [-0.39, 0.29) is 0 Å². The number of rotatable bonds is 5. The molecular formula is C10H15PS3. The maximum Gasteiger partial charge on any atom is 0.0186 e. The Kier molecular flexibility index (Phi) is 5.61. The molecule has 0 aliphatic heterocycles. The van der Waals surface area contributed by atoms with E-state index in [9.17, 15) is 0 Å². The predicted octanol–water partition coefficient (Wildman–Crippen LogP) is 4.86. The molecule has 0 spiro atoms. The normalized spacial score (nSPS) is 11.6. The second-order valence-electron chi connectivity index (χ2n) is 2.92. The van der Waals surface area contributed by atoms with Crippen molar-refractivity contribution in [3.63, 3.8) is 0 Å². The van der Waals surface area contributed by atoms with Gasteiger partial charge >= 0.3 is 0 Å². The molecule has 0 radical (unpaired) electrons. The SMILES string of the molecule is CCP(=S)(CC)SSc1ccccc1. The Morgan fingerprint density at radius 2 is 1.71 bits per heavy atom. The Balaban J connectivity index is 2.52. The third-order valence-electron chi connectivity index (χ3n) is 1.98. The third kappa shape index (κ3) is 3.98. The van der Waals surface area contributed by atoms with Crippen LogP contribution in [0.25, 0.3) is 0 Å². The predicted molar refractivity (Wildman–Crippen MR) is 75.3 cm³/mol. The van der Waals surface area contributed by atoms with Gasteiger partial charge in [0, 0.05) is 10.1 Å². The highest BCUT2D eigenvalue weighted by atomic mass is 33.4. The lowest BCUT2D eigenvalue weighted by atomic mass is 10.4. The van der Waals surface area contributed by atoms with E-state index in [0.29, 0.717) is 0 Å². The summed E-state index contributed by atoms with van der Waals surface area (Å²) in [7, 11) is 3.76. The van der Waals surface area contributed by atoms with Crippen LogP contribution in [0, 0.1) is 0 Å². The van der Waals surface area contributed by atoms with Gasteiger partial charge in [-0.15, -0.1) is 0 Å². The molecule has 0 nitrogen and oxygen atoms in total. The van der Waals surface area contributed by atoms with E-state index in [1.807, 2.05) is 27.3 Å². The summed E-state index contributed by atoms with van der Waals surface area (Å²) < 4.78 is 0. The van der Waals surface area contributed by atoms with Crippen LogP contribution in [-0.4, -0.2) is 12.3 Å². The largest absolute Gasteiger partial charge is 0.0851 e. The second kappa shape index (κ2) is 6.22. The molecule has 0 atom stereocenters. The van der Waals surface area contributed by atoms with Crippen LogP contribution in [0.3, 0.4) is 0 Å². The highest BCUT2D eigenvalue weighted by molar-refractivity contribution is 9.04. The van der Waals surface area contributed by atoms with Crippen molar-refractivity contribution in [2.75, 3.05) is 12.3 Å². The van der Waals surface area contributed by atoms with E-state index in [1.165, 1.54) is 4.90 Å². The smallest absolute Gasteiger partial charge is 0.0186 e. The van der Waals surface area contributed by atoms with Gasteiger partial charge in [0.1, 0.15) is 0 Å². The van der Waals surface area contributed by atoms with Gasteiger partial charge in [-0.1, -0.05) is 65.1 Å². The molecule has 0 saturated heterocycles. The van der Waals surface area contributed by atoms with Crippen molar-refractivity contribution < 1.29 is 0 Å². The van der Waals surface area contributed by atoms with Crippen molar-refractivity contribution in [2.45, 2.75) is 18.7 Å². The maximum absolute atomic E-state index is 5.66. The van der Waals surface area contributed by atoms with Gasteiger partial charge in [-0.2, -0.15) is 0 Å². The molecule has 4 heteroatoms. The molecule has 1 aromatic rings. The molecule has 0 fully saturated rings. The number of hydrogen-bond donors (Lipinski definition) is 0. The van der Waals surface area contributed by atoms with Crippen LogP contribution in [0.5, 0.6) is 0 Å². The standard InChI is InChI=1S/C10H15PS3/c1-3-11(12,4-2)14-13-10-8-6-5-7-9-10/h5-9H,3-4H2,1-2H3. The van der Waals surface area contributed by atoms with Crippen molar-refractivity contribution >= 4 is 38.3 Å². The summed E-state index contributed by atoms with van der Waals surface area (Å²) in [6, 6.07) is 10.5. The fraction of sp³-hybridized carbons (Fsp3) is 0.400. The van der Waals surface area contributed by atoms with E-state index in [0.717, 1.165) is 12.3 Å². The molecule has 0 N–H and O–H groups in total. The lowest BCUT2D eigenvalue weighted by Crippen LogP contribution is -1.81. The van der Waals surface area contributed by atoms with E-state index in [4.69, 9.17) is 11.8 Å². The number of hydrogen-bond acceptors (Lipinski definition) is 3. The van der Waals surface area contributed by atoms with E-state index >= 15 is 0 Å². The maximum atomic E-state index is 5.66. The topological polar surface area (TPSA) is 0 Å². The minimum Gasteiger partial charge on any atom is -0.0851 e. The first-order valence-electron chi connectivity index (χ1n) is 4.69. The zero-order valence-electron chi connectivity index (χ0n) is 8.47. The second-order valence-corrected chi connectivity index (χ2v) is 13.8. The Morgan fingerprint density at radius 1 is 1.14 bits per heavy atom. The average molecular weight is 262 g/mol. The summed E-state index contributed by atoms with van der Waals surface area (Å²) in [5, 5.41) is -1.13. The summed E-state index contributed by atoms with van der Waals surface area (Å²) in [5.41, 5.74) is 0. The van der Waals surface area contributed by atoms with Gasteiger partial charge in [-0.25, -0.2) is 0 Å². The van der Waals surface area contributed by atoms with Crippen LogP contribution < -0.4 is 0 Å². The van der Waals surface area contributed by atoms with Crippen molar-refractivity contribution in [1.29, 1.82) is 0 Å². The van der Waals surface area contributed by atoms with Crippen LogP contribution in [0.2, 0.25) is 0 Å². The van der Waals surface area contributed by atoms with Crippen LogP contribution in [-0.2, 0) is 11.8 Å². The molecule has 0 aromatic heterocycles. The van der Waals surface area contributed by atoms with E-state index in [1.54, 1.807) is 0 Å². The summed E-state index contributed by atoms with van der Waals surface area (Å²) in [5.74, 6) is 0. The summed E-state index contributed by atoms with van der Waals surface area (Å²) >= 11 is 5.66. The van der Waals surface area contributed by atoms with Crippen molar-refractivity contribution in [3.8, 4) is 0 Å². The van der Waals surface area contributed by atoms with Crippen molar-refractivity contribution in [3.05, 3.63) is 30.3 Å². The Morgan fingerprint density at radius 3 is 2.21 bits per heavy atom. The zero-order valence-corrected chi connectivity index (χ0v) is 11.8. The molecule has 0 bridgehead atoms. The van der Waals surface area contributed by atoms with Gasteiger partial charge in [-0.3, -0.25) is 0 Å². The zero-order chi connectivity index (χ0) is 10.4. The van der Waals surface area contributed by atoms with Crippen LogP contribution in [0.4, 0.5) is 0 Å². The lowest BCUT2D eigenvalue weighted by Gasteiger charge is -2.15. The fourth-order valence-corrected chi connectivity index (χ4v) is 8.41. The fourth-order valence-electron chi connectivity index (χ4n) is 0.916. The Bertz CT molecular complexity index is 302. The van der Waals surface area contributed by atoms with Gasteiger partial charge in [-0.05, 0) is 24.5 Å². The van der Waals surface area contributed by atoms with Gasteiger partial charge in [0.25, 0.3) is 0 Å². The highest BCUT2D eigenvalue weighted by Crippen LogP contribution is 2.64. The number of benzene rings is 1. The van der Waals surface area contributed by atoms with E-state index < -0.39 is 5.24 Å². The molecule has 0 aliphatic carbocycles. The monoisotopic (exact) mass is 262 g/mol. The molecule has 14 heavy (non-hydrogen) atoms. The molecule has 1 rings (SSSR count). The van der Waals surface area contributed by atoms with Crippen molar-refractivity contribution in [1.82, 2.24) is 0 Å².